The summed E-state index contributed by atoms with van der Waals surface area (Å²) >= 11 is 5.67. The number of rotatable bonds is 3. The van der Waals surface area contributed by atoms with E-state index in [2.05, 4.69) is 27.4 Å². The van der Waals surface area contributed by atoms with Crippen molar-refractivity contribution in [3.63, 3.8) is 0 Å². The number of carbonyl (C=O) groups excluding carboxylic acids is 1. The van der Waals surface area contributed by atoms with Crippen LogP contribution in [0.1, 0.15) is 17.0 Å². The summed E-state index contributed by atoms with van der Waals surface area (Å²) in [6.45, 7) is 0.166. The van der Waals surface area contributed by atoms with E-state index in [9.17, 15) is 9.90 Å². The molecule has 6 nitrogen and oxygen atoms in total. The van der Waals surface area contributed by atoms with E-state index >= 15 is 0 Å². The molecule has 0 unspecified atom stereocenters. The molecular weight excluding hydrogens is 354 g/mol. The number of halogens is 1. The van der Waals surface area contributed by atoms with E-state index in [1.807, 2.05) is 36.4 Å². The van der Waals surface area contributed by atoms with E-state index in [0.29, 0.717) is 0 Å². The zero-order valence-electron chi connectivity index (χ0n) is 13.5. The normalized spacial score (nSPS) is 12.3. The van der Waals surface area contributed by atoms with E-state index in [4.69, 9.17) is 16.3 Å². The number of aromatic nitrogens is 2. The van der Waals surface area contributed by atoms with Gasteiger partial charge in [0, 0.05) is 5.92 Å². The lowest BCUT2D eigenvalue weighted by molar-refractivity contribution is 0.158. The van der Waals surface area contributed by atoms with Gasteiger partial charge in [-0.25, -0.2) is 9.78 Å². The number of carbonyl (C=O) groups is 1. The van der Waals surface area contributed by atoms with Gasteiger partial charge in [-0.1, -0.05) is 48.5 Å². The molecule has 0 bridgehead atoms. The van der Waals surface area contributed by atoms with Crippen LogP contribution in [0, 0.1) is 0 Å². The van der Waals surface area contributed by atoms with Crippen molar-refractivity contribution >= 4 is 23.5 Å². The molecule has 1 heterocycles. The Labute approximate surface area is 154 Å². The topological polar surface area (TPSA) is 84.3 Å². The summed E-state index contributed by atoms with van der Waals surface area (Å²) in [5, 5.41) is 12.0. The molecule has 1 aliphatic rings. The van der Waals surface area contributed by atoms with Crippen LogP contribution in [0.3, 0.4) is 0 Å². The molecule has 0 aliphatic heterocycles. The van der Waals surface area contributed by atoms with Gasteiger partial charge in [0.1, 0.15) is 6.61 Å². The molecule has 1 amide bonds. The van der Waals surface area contributed by atoms with Gasteiger partial charge in [0.2, 0.25) is 5.28 Å². The Morgan fingerprint density at radius 3 is 2.38 bits per heavy atom. The van der Waals surface area contributed by atoms with Crippen LogP contribution in [-0.4, -0.2) is 27.8 Å². The molecule has 0 saturated heterocycles. The molecule has 0 atom stereocenters. The van der Waals surface area contributed by atoms with E-state index < -0.39 is 6.09 Å². The third-order valence-corrected chi connectivity index (χ3v) is 4.49. The van der Waals surface area contributed by atoms with Gasteiger partial charge in [-0.3, -0.25) is 5.32 Å². The Balaban J connectivity index is 1.51. The summed E-state index contributed by atoms with van der Waals surface area (Å²) in [4.78, 5) is 19.5. The summed E-state index contributed by atoms with van der Waals surface area (Å²) in [5.74, 6) is -0.430. The van der Waals surface area contributed by atoms with Crippen LogP contribution >= 0.6 is 11.6 Å². The van der Waals surface area contributed by atoms with Gasteiger partial charge in [0.15, 0.2) is 11.6 Å². The second-order valence-corrected chi connectivity index (χ2v) is 6.16. The smallest absolute Gasteiger partial charge is 0.412 e. The Hall–Kier alpha value is -3.12. The van der Waals surface area contributed by atoms with E-state index in [0.717, 1.165) is 28.5 Å². The minimum absolute atomic E-state index is 0.0456. The van der Waals surface area contributed by atoms with Crippen molar-refractivity contribution < 1.29 is 14.6 Å². The molecule has 2 aromatic carbocycles. The van der Waals surface area contributed by atoms with Crippen LogP contribution in [0.2, 0.25) is 5.28 Å². The largest absolute Gasteiger partial charge is 0.503 e. The fraction of sp³-hybridized carbons (Fsp3) is 0.105. The zero-order valence-corrected chi connectivity index (χ0v) is 14.3. The van der Waals surface area contributed by atoms with Gasteiger partial charge in [-0.05, 0) is 33.9 Å². The van der Waals surface area contributed by atoms with Gasteiger partial charge in [-0.15, -0.1) is 0 Å². The Morgan fingerprint density at radius 2 is 1.73 bits per heavy atom. The van der Waals surface area contributed by atoms with Gasteiger partial charge in [-0.2, -0.15) is 4.98 Å². The van der Waals surface area contributed by atoms with Crippen LogP contribution in [0.15, 0.2) is 54.7 Å². The number of ether oxygens (including phenoxy) is 1. The van der Waals surface area contributed by atoms with Crippen molar-refractivity contribution in [3.8, 4) is 16.9 Å². The molecule has 0 fully saturated rings. The molecule has 0 saturated carbocycles. The van der Waals surface area contributed by atoms with Crippen LogP contribution in [0.25, 0.3) is 11.1 Å². The van der Waals surface area contributed by atoms with Gasteiger partial charge < -0.3 is 9.84 Å². The highest BCUT2D eigenvalue weighted by molar-refractivity contribution is 6.28. The quantitative estimate of drug-likeness (QED) is 0.678. The molecule has 0 radical (unpaired) electrons. The molecule has 0 spiro atoms. The summed E-state index contributed by atoms with van der Waals surface area (Å²) in [6.07, 6.45) is 0.380. The SMILES string of the molecule is O=C(Nc1nc(Cl)ncc1O)OCC1c2ccccc2-c2ccccc21. The fourth-order valence-corrected chi connectivity index (χ4v) is 3.31. The fourth-order valence-electron chi connectivity index (χ4n) is 3.18. The number of hydrogen-bond acceptors (Lipinski definition) is 5. The average molecular weight is 368 g/mol. The Bertz CT molecular complexity index is 948. The first kappa shape index (κ1) is 16.4. The lowest BCUT2D eigenvalue weighted by atomic mass is 9.98. The maximum Gasteiger partial charge on any atom is 0.412 e. The van der Waals surface area contributed by atoms with Crippen LogP contribution in [0.5, 0.6) is 5.75 Å². The zero-order chi connectivity index (χ0) is 18.1. The first-order valence-corrected chi connectivity index (χ1v) is 8.35. The van der Waals surface area contributed by atoms with Crippen molar-refractivity contribution in [1.82, 2.24) is 9.97 Å². The highest BCUT2D eigenvalue weighted by Gasteiger charge is 2.29. The molecule has 1 aliphatic carbocycles. The molecule has 130 valence electrons. The highest BCUT2D eigenvalue weighted by Crippen LogP contribution is 2.44. The Kier molecular flexibility index (Phi) is 4.18. The third kappa shape index (κ3) is 2.95. The number of nitrogens with zero attached hydrogens (tertiary/aromatic N) is 2. The monoisotopic (exact) mass is 367 g/mol. The van der Waals surface area contributed by atoms with E-state index in [1.54, 1.807) is 0 Å². The van der Waals surface area contributed by atoms with Crippen molar-refractivity contribution in [2.45, 2.75) is 5.92 Å². The maximum absolute atomic E-state index is 12.1. The second-order valence-electron chi connectivity index (χ2n) is 5.82. The molecule has 7 heteroatoms. The van der Waals surface area contributed by atoms with Crippen LogP contribution in [0.4, 0.5) is 10.6 Å². The predicted molar refractivity (Wildman–Crippen MR) is 97.4 cm³/mol. The van der Waals surface area contributed by atoms with Crippen molar-refractivity contribution in [1.29, 1.82) is 0 Å². The van der Waals surface area contributed by atoms with Crippen molar-refractivity contribution in [3.05, 3.63) is 71.1 Å². The first-order chi connectivity index (χ1) is 12.6. The molecule has 3 aromatic rings. The van der Waals surface area contributed by atoms with Gasteiger partial charge in [0.05, 0.1) is 6.20 Å². The van der Waals surface area contributed by atoms with E-state index in [-0.39, 0.29) is 29.4 Å². The number of hydrogen-bond donors (Lipinski definition) is 2. The van der Waals surface area contributed by atoms with Crippen molar-refractivity contribution in [2.75, 3.05) is 11.9 Å². The third-order valence-electron chi connectivity index (χ3n) is 4.30. The Morgan fingerprint density at radius 1 is 1.12 bits per heavy atom. The second kappa shape index (κ2) is 6.65. The molecule has 4 rings (SSSR count). The first-order valence-electron chi connectivity index (χ1n) is 7.97. The van der Waals surface area contributed by atoms with Crippen molar-refractivity contribution in [2.24, 2.45) is 0 Å². The standard InChI is InChI=1S/C19H14ClN3O3/c20-18-21-9-16(24)17(22-18)23-19(25)26-10-15-13-7-3-1-5-11(13)12-6-2-4-8-14(12)15/h1-9,15,24H,10H2,(H,21,22,23,25). The summed E-state index contributed by atoms with van der Waals surface area (Å²) in [6, 6.07) is 16.1. The molecule has 2 N–H and O–H groups in total. The number of anilines is 1. The lowest BCUT2D eigenvalue weighted by Crippen LogP contribution is -2.18. The molecule has 1 aromatic heterocycles. The summed E-state index contributed by atoms with van der Waals surface area (Å²) in [5.41, 5.74) is 4.54. The summed E-state index contributed by atoms with van der Waals surface area (Å²) < 4.78 is 5.37. The molecule has 26 heavy (non-hydrogen) atoms. The maximum atomic E-state index is 12.1. The number of fused-ring (bicyclic) bond motifs is 3. The minimum Gasteiger partial charge on any atom is -0.503 e. The van der Waals surface area contributed by atoms with Crippen LogP contribution < -0.4 is 5.32 Å². The predicted octanol–water partition coefficient (Wildman–Crippen LogP) is 4.20. The minimum atomic E-state index is -0.725. The highest BCUT2D eigenvalue weighted by atomic mass is 35.5. The lowest BCUT2D eigenvalue weighted by Gasteiger charge is -2.14. The number of benzene rings is 2. The number of amides is 1. The number of aromatic hydroxyl groups is 1. The summed E-state index contributed by atoms with van der Waals surface area (Å²) in [7, 11) is 0. The van der Waals surface area contributed by atoms with Crippen LogP contribution in [-0.2, 0) is 4.74 Å². The number of nitrogens with one attached hydrogen (secondary N) is 1. The van der Waals surface area contributed by atoms with Gasteiger partial charge >= 0.3 is 6.09 Å². The van der Waals surface area contributed by atoms with Gasteiger partial charge in [0.25, 0.3) is 0 Å². The molecular formula is C19H14ClN3O3. The van der Waals surface area contributed by atoms with E-state index in [1.165, 1.54) is 0 Å². The average Bonchev–Trinajstić information content (AvgIpc) is 2.97.